The zero-order valence-electron chi connectivity index (χ0n) is 15.5. The van der Waals surface area contributed by atoms with Gasteiger partial charge in [-0.15, -0.1) is 0 Å². The Morgan fingerprint density at radius 3 is 2.79 bits per heavy atom. The summed E-state index contributed by atoms with van der Waals surface area (Å²) in [5.74, 6) is 1.49. The number of aryl methyl sites for hydroxylation is 1. The standard InChI is InChI=1S/C21H20ClN3O3/c1-14-5-3-4-6-18(14)23-13-21(26)25-24-12-16-8-10-19(28-16)15-7-9-20(27-2)17(22)11-15/h3-12,23H,13H2,1-2H3,(H,25,26)/b24-12-. The molecule has 0 saturated heterocycles. The summed E-state index contributed by atoms with van der Waals surface area (Å²) in [5, 5.41) is 7.49. The first-order valence-electron chi connectivity index (χ1n) is 8.62. The van der Waals surface area contributed by atoms with Gasteiger partial charge in [0.05, 0.1) is 24.9 Å². The molecule has 1 aromatic heterocycles. The fourth-order valence-electron chi connectivity index (χ4n) is 2.55. The van der Waals surface area contributed by atoms with Gasteiger partial charge in [0.1, 0.15) is 17.3 Å². The summed E-state index contributed by atoms with van der Waals surface area (Å²) in [4.78, 5) is 11.9. The van der Waals surface area contributed by atoms with Crippen molar-refractivity contribution in [3.8, 4) is 17.1 Å². The molecule has 3 rings (SSSR count). The zero-order chi connectivity index (χ0) is 19.9. The fraction of sp³-hybridized carbons (Fsp3) is 0.143. The normalized spacial score (nSPS) is 10.8. The van der Waals surface area contributed by atoms with Crippen molar-refractivity contribution in [2.24, 2.45) is 5.10 Å². The van der Waals surface area contributed by atoms with Crippen LogP contribution in [0.5, 0.6) is 5.75 Å². The van der Waals surface area contributed by atoms with Gasteiger partial charge in [0, 0.05) is 11.3 Å². The predicted molar refractivity (Wildman–Crippen MR) is 111 cm³/mol. The number of amides is 1. The third-order valence-corrected chi connectivity index (χ3v) is 4.32. The van der Waals surface area contributed by atoms with Crippen LogP contribution in [0.25, 0.3) is 11.3 Å². The van der Waals surface area contributed by atoms with Crippen LogP contribution < -0.4 is 15.5 Å². The van der Waals surface area contributed by atoms with Gasteiger partial charge in [0.25, 0.3) is 5.91 Å². The Hall–Kier alpha value is -3.25. The Balaban J connectivity index is 1.54. The molecule has 28 heavy (non-hydrogen) atoms. The molecule has 2 N–H and O–H groups in total. The van der Waals surface area contributed by atoms with Crippen LogP contribution >= 0.6 is 11.6 Å². The van der Waals surface area contributed by atoms with Gasteiger partial charge in [-0.05, 0) is 48.9 Å². The van der Waals surface area contributed by atoms with Gasteiger partial charge in [0.15, 0.2) is 0 Å². The van der Waals surface area contributed by atoms with Crippen molar-refractivity contribution >= 4 is 29.4 Å². The molecule has 0 unspecified atom stereocenters. The number of methoxy groups -OCH3 is 1. The number of hydrogen-bond donors (Lipinski definition) is 2. The molecule has 6 nitrogen and oxygen atoms in total. The topological polar surface area (TPSA) is 75.9 Å². The SMILES string of the molecule is COc1ccc(-c2ccc(/C=N\NC(=O)CNc3ccccc3C)o2)cc1Cl. The molecule has 7 heteroatoms. The molecule has 0 fully saturated rings. The summed E-state index contributed by atoms with van der Waals surface area (Å²) in [6.45, 7) is 2.10. The first-order chi connectivity index (χ1) is 13.6. The van der Waals surface area contributed by atoms with Crippen LogP contribution in [-0.4, -0.2) is 25.8 Å². The molecule has 0 bridgehead atoms. The maximum absolute atomic E-state index is 11.9. The molecule has 0 radical (unpaired) electrons. The first-order valence-corrected chi connectivity index (χ1v) is 9.00. The minimum Gasteiger partial charge on any atom is -0.495 e. The van der Waals surface area contributed by atoms with Gasteiger partial charge < -0.3 is 14.5 Å². The molecular weight excluding hydrogens is 378 g/mol. The fourth-order valence-corrected chi connectivity index (χ4v) is 2.81. The van der Waals surface area contributed by atoms with Gasteiger partial charge >= 0.3 is 0 Å². The average Bonchev–Trinajstić information content (AvgIpc) is 3.16. The van der Waals surface area contributed by atoms with Crippen LogP contribution in [-0.2, 0) is 4.79 Å². The molecule has 3 aromatic rings. The van der Waals surface area contributed by atoms with Crippen molar-refractivity contribution < 1.29 is 13.9 Å². The molecule has 1 amide bonds. The van der Waals surface area contributed by atoms with Gasteiger partial charge in [-0.25, -0.2) is 5.43 Å². The number of furan rings is 1. The van der Waals surface area contributed by atoms with E-state index in [1.807, 2.05) is 37.3 Å². The summed E-state index contributed by atoms with van der Waals surface area (Å²) in [6.07, 6.45) is 1.44. The Bertz CT molecular complexity index is 998. The van der Waals surface area contributed by atoms with E-state index in [1.165, 1.54) is 6.21 Å². The second-order valence-corrected chi connectivity index (χ2v) is 6.42. The quantitative estimate of drug-likeness (QED) is 0.455. The molecule has 0 saturated carbocycles. The molecule has 1 heterocycles. The van der Waals surface area contributed by atoms with Crippen molar-refractivity contribution in [1.82, 2.24) is 5.43 Å². The molecule has 0 spiro atoms. The Morgan fingerprint density at radius 1 is 1.21 bits per heavy atom. The molecular formula is C21H20ClN3O3. The van der Waals surface area contributed by atoms with Crippen LogP contribution in [0.2, 0.25) is 5.02 Å². The monoisotopic (exact) mass is 397 g/mol. The van der Waals surface area contributed by atoms with E-state index in [0.29, 0.717) is 22.3 Å². The van der Waals surface area contributed by atoms with E-state index in [4.69, 9.17) is 20.8 Å². The largest absolute Gasteiger partial charge is 0.495 e. The molecule has 2 aromatic carbocycles. The number of rotatable bonds is 7. The minimum atomic E-state index is -0.256. The Morgan fingerprint density at radius 2 is 2.04 bits per heavy atom. The lowest BCUT2D eigenvalue weighted by molar-refractivity contribution is -0.119. The highest BCUT2D eigenvalue weighted by molar-refractivity contribution is 6.32. The molecule has 0 aliphatic rings. The average molecular weight is 398 g/mol. The minimum absolute atomic E-state index is 0.121. The Kier molecular flexibility index (Phi) is 6.34. The van der Waals surface area contributed by atoms with E-state index < -0.39 is 0 Å². The zero-order valence-corrected chi connectivity index (χ0v) is 16.3. The van der Waals surface area contributed by atoms with Crippen LogP contribution in [0.15, 0.2) is 64.1 Å². The smallest absolute Gasteiger partial charge is 0.259 e. The van der Waals surface area contributed by atoms with E-state index in [0.717, 1.165) is 16.8 Å². The van der Waals surface area contributed by atoms with E-state index in [1.54, 1.807) is 31.4 Å². The number of nitrogens with one attached hydrogen (secondary N) is 2. The van der Waals surface area contributed by atoms with E-state index >= 15 is 0 Å². The van der Waals surface area contributed by atoms with Crippen LogP contribution in [0, 0.1) is 6.92 Å². The number of para-hydroxylation sites is 1. The van der Waals surface area contributed by atoms with Gasteiger partial charge in [-0.2, -0.15) is 5.10 Å². The molecule has 0 atom stereocenters. The number of anilines is 1. The number of benzene rings is 2. The molecule has 144 valence electrons. The summed E-state index contributed by atoms with van der Waals surface area (Å²) in [7, 11) is 1.56. The number of carbonyl (C=O) groups excluding carboxylic acids is 1. The van der Waals surface area contributed by atoms with E-state index in [9.17, 15) is 4.79 Å². The summed E-state index contributed by atoms with van der Waals surface area (Å²) < 4.78 is 10.9. The van der Waals surface area contributed by atoms with Crippen molar-refractivity contribution in [1.29, 1.82) is 0 Å². The first kappa shape index (κ1) is 19.5. The second kappa shape index (κ2) is 9.10. The third-order valence-electron chi connectivity index (χ3n) is 4.03. The van der Waals surface area contributed by atoms with Gasteiger partial charge in [0.2, 0.25) is 0 Å². The number of ether oxygens (including phenoxy) is 1. The second-order valence-electron chi connectivity index (χ2n) is 6.01. The highest BCUT2D eigenvalue weighted by atomic mass is 35.5. The van der Waals surface area contributed by atoms with Gasteiger partial charge in [-0.1, -0.05) is 29.8 Å². The van der Waals surface area contributed by atoms with Crippen molar-refractivity contribution in [2.75, 3.05) is 19.0 Å². The maximum Gasteiger partial charge on any atom is 0.259 e. The number of nitrogens with zero attached hydrogens (tertiary/aromatic N) is 1. The van der Waals surface area contributed by atoms with Crippen molar-refractivity contribution in [2.45, 2.75) is 6.92 Å². The van der Waals surface area contributed by atoms with Crippen LogP contribution in [0.4, 0.5) is 5.69 Å². The number of carbonyl (C=O) groups is 1. The maximum atomic E-state index is 11.9. The van der Waals surface area contributed by atoms with Crippen molar-refractivity contribution in [3.05, 3.63) is 70.9 Å². The molecule has 0 aliphatic heterocycles. The molecule has 0 aliphatic carbocycles. The Labute approximate surface area is 168 Å². The third kappa shape index (κ3) is 4.92. The predicted octanol–water partition coefficient (Wildman–Crippen LogP) is 4.48. The van der Waals surface area contributed by atoms with Gasteiger partial charge in [-0.3, -0.25) is 4.79 Å². The summed E-state index contributed by atoms with van der Waals surface area (Å²) in [5.41, 5.74) is 5.26. The van der Waals surface area contributed by atoms with E-state index in [2.05, 4.69) is 15.8 Å². The number of hydrogen-bond acceptors (Lipinski definition) is 5. The number of halogens is 1. The lowest BCUT2D eigenvalue weighted by Gasteiger charge is -2.07. The van der Waals surface area contributed by atoms with E-state index in [-0.39, 0.29) is 12.5 Å². The number of hydrazone groups is 1. The van der Waals surface area contributed by atoms with Crippen LogP contribution in [0.3, 0.4) is 0 Å². The summed E-state index contributed by atoms with van der Waals surface area (Å²) in [6, 6.07) is 16.7. The van der Waals surface area contributed by atoms with Crippen LogP contribution in [0.1, 0.15) is 11.3 Å². The highest BCUT2D eigenvalue weighted by Gasteiger charge is 2.07. The lowest BCUT2D eigenvalue weighted by Crippen LogP contribution is -2.26. The summed E-state index contributed by atoms with van der Waals surface area (Å²) >= 11 is 6.14. The van der Waals surface area contributed by atoms with Crippen molar-refractivity contribution in [3.63, 3.8) is 0 Å². The highest BCUT2D eigenvalue weighted by Crippen LogP contribution is 2.30. The lowest BCUT2D eigenvalue weighted by atomic mass is 10.2.